The van der Waals surface area contributed by atoms with Crippen molar-refractivity contribution < 1.29 is 14.6 Å². The molecule has 0 aliphatic rings. The minimum atomic E-state index is -0.172. The van der Waals surface area contributed by atoms with Gasteiger partial charge in [0.25, 0.3) is 0 Å². The van der Waals surface area contributed by atoms with Crippen molar-refractivity contribution in [1.29, 1.82) is 0 Å². The maximum Gasteiger partial charge on any atom is 0.314 e. The predicted octanol–water partition coefficient (Wildman–Crippen LogP) is -0.295. The molecule has 0 spiro atoms. The highest BCUT2D eigenvalue weighted by atomic mass is 16.5. The zero-order valence-electron chi connectivity index (χ0n) is 8.01. The zero-order chi connectivity index (χ0) is 9.94. The van der Waals surface area contributed by atoms with Gasteiger partial charge in [0, 0.05) is 13.1 Å². The molecule has 0 fully saturated rings. The topological polar surface area (TPSA) is 70.6 Å². The largest absolute Gasteiger partial charge is 0.394 e. The Kier molecular flexibility index (Phi) is 8.70. The monoisotopic (exact) mass is 190 g/mol. The number of aliphatic hydroxyl groups is 1. The van der Waals surface area contributed by atoms with Crippen LogP contribution in [0.3, 0.4) is 0 Å². The summed E-state index contributed by atoms with van der Waals surface area (Å²) >= 11 is 0. The third-order valence-corrected chi connectivity index (χ3v) is 1.30. The quantitative estimate of drug-likeness (QED) is 0.483. The maximum absolute atomic E-state index is 10.9. The highest BCUT2D eigenvalue weighted by Crippen LogP contribution is 1.73. The lowest BCUT2D eigenvalue weighted by Gasteiger charge is -2.06. The lowest BCUT2D eigenvalue weighted by Crippen LogP contribution is -2.37. The first-order valence-electron chi connectivity index (χ1n) is 4.51. The van der Waals surface area contributed by atoms with E-state index in [1.165, 1.54) is 0 Å². The molecule has 0 aliphatic heterocycles. The summed E-state index contributed by atoms with van der Waals surface area (Å²) in [6.45, 7) is 3.91. The second-order valence-electron chi connectivity index (χ2n) is 2.52. The summed E-state index contributed by atoms with van der Waals surface area (Å²) in [6, 6.07) is -0.172. The Morgan fingerprint density at radius 1 is 1.31 bits per heavy atom. The summed E-state index contributed by atoms with van der Waals surface area (Å²) in [6.07, 6.45) is 0.925. The molecular formula is C8H18N2O3. The molecule has 0 saturated heterocycles. The number of carbonyl (C=O) groups excluding carboxylic acids is 1. The Balaban J connectivity index is 3.08. The van der Waals surface area contributed by atoms with Gasteiger partial charge in [0.1, 0.15) is 0 Å². The van der Waals surface area contributed by atoms with E-state index in [4.69, 9.17) is 9.84 Å². The molecule has 0 atom stereocenters. The Bertz CT molecular complexity index is 131. The highest BCUT2D eigenvalue weighted by molar-refractivity contribution is 5.73. The van der Waals surface area contributed by atoms with Crippen LogP contribution in [0.1, 0.15) is 13.3 Å². The van der Waals surface area contributed by atoms with E-state index in [0.29, 0.717) is 26.3 Å². The van der Waals surface area contributed by atoms with Crippen LogP contribution in [0.15, 0.2) is 0 Å². The molecule has 0 radical (unpaired) electrons. The second kappa shape index (κ2) is 9.28. The summed E-state index contributed by atoms with van der Waals surface area (Å²) in [5, 5.41) is 13.7. The van der Waals surface area contributed by atoms with Gasteiger partial charge in [-0.05, 0) is 6.42 Å². The molecule has 0 rings (SSSR count). The number of amides is 2. The number of hydrogen-bond donors (Lipinski definition) is 3. The molecule has 3 N–H and O–H groups in total. The fourth-order valence-corrected chi connectivity index (χ4v) is 0.704. The van der Waals surface area contributed by atoms with Gasteiger partial charge in [-0.25, -0.2) is 4.79 Å². The van der Waals surface area contributed by atoms with Crippen molar-refractivity contribution in [2.75, 3.05) is 32.9 Å². The average Bonchev–Trinajstić information content (AvgIpc) is 2.14. The Morgan fingerprint density at radius 3 is 2.62 bits per heavy atom. The highest BCUT2D eigenvalue weighted by Gasteiger charge is 1.96. The molecular weight excluding hydrogens is 172 g/mol. The van der Waals surface area contributed by atoms with E-state index in [9.17, 15) is 4.79 Å². The minimum Gasteiger partial charge on any atom is -0.394 e. The normalized spacial score (nSPS) is 9.69. The molecule has 78 valence electrons. The van der Waals surface area contributed by atoms with Crippen molar-refractivity contribution in [3.8, 4) is 0 Å². The summed E-state index contributed by atoms with van der Waals surface area (Å²) in [4.78, 5) is 10.9. The first kappa shape index (κ1) is 12.2. The fourth-order valence-electron chi connectivity index (χ4n) is 0.704. The van der Waals surface area contributed by atoms with Gasteiger partial charge in [0.15, 0.2) is 0 Å². The van der Waals surface area contributed by atoms with Crippen molar-refractivity contribution in [2.24, 2.45) is 0 Å². The van der Waals surface area contributed by atoms with E-state index >= 15 is 0 Å². The van der Waals surface area contributed by atoms with E-state index in [0.717, 1.165) is 6.42 Å². The van der Waals surface area contributed by atoms with E-state index in [1.54, 1.807) is 0 Å². The number of carbonyl (C=O) groups is 1. The van der Waals surface area contributed by atoms with Crippen LogP contribution in [-0.2, 0) is 4.74 Å². The molecule has 0 saturated carbocycles. The van der Waals surface area contributed by atoms with Gasteiger partial charge in [-0.15, -0.1) is 0 Å². The van der Waals surface area contributed by atoms with Gasteiger partial charge in [0.05, 0.1) is 19.8 Å². The molecule has 0 heterocycles. The number of rotatable bonds is 7. The molecule has 0 unspecified atom stereocenters. The zero-order valence-corrected chi connectivity index (χ0v) is 8.01. The van der Waals surface area contributed by atoms with Crippen LogP contribution in [-0.4, -0.2) is 44.0 Å². The molecule has 5 heteroatoms. The van der Waals surface area contributed by atoms with Crippen molar-refractivity contribution in [3.05, 3.63) is 0 Å². The smallest absolute Gasteiger partial charge is 0.314 e. The van der Waals surface area contributed by atoms with Crippen LogP contribution in [0.25, 0.3) is 0 Å². The Labute approximate surface area is 78.5 Å². The van der Waals surface area contributed by atoms with Gasteiger partial charge in [-0.3, -0.25) is 0 Å². The maximum atomic E-state index is 10.9. The fraction of sp³-hybridized carbons (Fsp3) is 0.875. The average molecular weight is 190 g/mol. The van der Waals surface area contributed by atoms with Crippen molar-refractivity contribution >= 4 is 6.03 Å². The molecule has 0 bridgehead atoms. The summed E-state index contributed by atoms with van der Waals surface area (Å²) < 4.78 is 4.95. The standard InChI is InChI=1S/C8H18N2O3/c1-2-3-9-8(12)10-4-6-13-7-5-11/h11H,2-7H2,1H3,(H2,9,10,12). The van der Waals surface area contributed by atoms with Gasteiger partial charge >= 0.3 is 6.03 Å². The van der Waals surface area contributed by atoms with Crippen LogP contribution in [0.4, 0.5) is 4.79 Å². The number of ether oxygens (including phenoxy) is 1. The van der Waals surface area contributed by atoms with Crippen LogP contribution in [0.2, 0.25) is 0 Å². The number of nitrogens with one attached hydrogen (secondary N) is 2. The second-order valence-corrected chi connectivity index (χ2v) is 2.52. The van der Waals surface area contributed by atoms with Gasteiger partial charge in [-0.2, -0.15) is 0 Å². The van der Waals surface area contributed by atoms with E-state index in [-0.39, 0.29) is 12.6 Å². The van der Waals surface area contributed by atoms with Gasteiger partial charge in [-0.1, -0.05) is 6.92 Å². The third kappa shape index (κ3) is 9.10. The number of hydrogen-bond acceptors (Lipinski definition) is 3. The van der Waals surface area contributed by atoms with Crippen LogP contribution in [0.5, 0.6) is 0 Å². The number of aliphatic hydroxyl groups excluding tert-OH is 1. The molecule has 2 amide bonds. The lowest BCUT2D eigenvalue weighted by atomic mass is 10.5. The first-order valence-corrected chi connectivity index (χ1v) is 4.51. The third-order valence-electron chi connectivity index (χ3n) is 1.30. The molecule has 13 heavy (non-hydrogen) atoms. The van der Waals surface area contributed by atoms with Gasteiger partial charge in [0.2, 0.25) is 0 Å². The predicted molar refractivity (Wildman–Crippen MR) is 49.6 cm³/mol. The molecule has 0 aromatic carbocycles. The van der Waals surface area contributed by atoms with Crippen molar-refractivity contribution in [2.45, 2.75) is 13.3 Å². The molecule has 5 nitrogen and oxygen atoms in total. The van der Waals surface area contributed by atoms with Crippen molar-refractivity contribution in [3.63, 3.8) is 0 Å². The van der Waals surface area contributed by atoms with Gasteiger partial charge < -0.3 is 20.5 Å². The van der Waals surface area contributed by atoms with E-state index < -0.39 is 0 Å². The van der Waals surface area contributed by atoms with Crippen LogP contribution < -0.4 is 10.6 Å². The molecule has 0 aliphatic carbocycles. The Hall–Kier alpha value is -0.810. The summed E-state index contributed by atoms with van der Waals surface area (Å²) in [5.41, 5.74) is 0. The van der Waals surface area contributed by atoms with Crippen LogP contribution >= 0.6 is 0 Å². The molecule has 0 aromatic heterocycles. The van der Waals surface area contributed by atoms with Crippen molar-refractivity contribution in [1.82, 2.24) is 10.6 Å². The molecule has 0 aromatic rings. The first-order chi connectivity index (χ1) is 6.31. The SMILES string of the molecule is CCCNC(=O)NCCOCCO. The Morgan fingerprint density at radius 2 is 2.00 bits per heavy atom. The lowest BCUT2D eigenvalue weighted by molar-refractivity contribution is 0.0947. The number of urea groups is 1. The van der Waals surface area contributed by atoms with E-state index in [2.05, 4.69) is 10.6 Å². The summed E-state index contributed by atoms with van der Waals surface area (Å²) in [7, 11) is 0. The minimum absolute atomic E-state index is 0.0159. The summed E-state index contributed by atoms with van der Waals surface area (Å²) in [5.74, 6) is 0. The van der Waals surface area contributed by atoms with Crippen LogP contribution in [0, 0.1) is 0 Å². The van der Waals surface area contributed by atoms with E-state index in [1.807, 2.05) is 6.92 Å².